The Hall–Kier alpha value is 0.137. The highest BCUT2D eigenvalue weighted by atomic mass is 28.4. The van der Waals surface area contributed by atoms with Gasteiger partial charge in [-0.25, -0.2) is 0 Å². The third kappa shape index (κ3) is 4.36. The van der Waals surface area contributed by atoms with Gasteiger partial charge in [0.2, 0.25) is 0 Å². The summed E-state index contributed by atoms with van der Waals surface area (Å²) >= 11 is 0. The van der Waals surface area contributed by atoms with Crippen LogP contribution in [-0.4, -0.2) is 21.8 Å². The zero-order chi connectivity index (χ0) is 16.1. The Balaban J connectivity index is 2.21. The summed E-state index contributed by atoms with van der Waals surface area (Å²) in [6, 6.07) is 0. The van der Waals surface area contributed by atoms with Crippen LogP contribution in [0.5, 0.6) is 0 Å². The molecule has 2 fully saturated rings. The molecule has 2 rings (SSSR count). The van der Waals surface area contributed by atoms with Crippen molar-refractivity contribution in [2.24, 2.45) is 5.41 Å². The number of hydrogen-bond donors (Lipinski definition) is 0. The molecule has 2 aliphatic carbocycles. The summed E-state index contributed by atoms with van der Waals surface area (Å²) in [7, 11) is -2.09. The van der Waals surface area contributed by atoms with Crippen LogP contribution in [0.1, 0.15) is 91.9 Å². The average molecular weight is 327 g/mol. The lowest BCUT2D eigenvalue weighted by Crippen LogP contribution is -2.52. The molecule has 0 saturated heterocycles. The van der Waals surface area contributed by atoms with Crippen LogP contribution in [0.2, 0.25) is 11.1 Å². The number of rotatable bonds is 8. The van der Waals surface area contributed by atoms with Crippen molar-refractivity contribution in [2.75, 3.05) is 13.2 Å². The van der Waals surface area contributed by atoms with Gasteiger partial charge in [0.05, 0.1) is 0 Å². The minimum atomic E-state index is -2.09. The molecule has 0 aromatic heterocycles. The second kappa shape index (κ2) is 8.30. The quantitative estimate of drug-likeness (QED) is 0.495. The van der Waals surface area contributed by atoms with Crippen LogP contribution < -0.4 is 0 Å². The molecule has 0 radical (unpaired) electrons. The normalized spacial score (nSPS) is 26.5. The molecular formula is C19H38O2Si. The first kappa shape index (κ1) is 18.5. The van der Waals surface area contributed by atoms with Crippen molar-refractivity contribution >= 4 is 8.56 Å². The summed E-state index contributed by atoms with van der Waals surface area (Å²) in [6.07, 6.45) is 13.2. The summed E-state index contributed by atoms with van der Waals surface area (Å²) in [4.78, 5) is 0. The monoisotopic (exact) mass is 326 g/mol. The average Bonchev–Trinajstić information content (AvgIpc) is 2.89. The SMILES string of the molecule is CCCO[Si](OCCC)(C1CCCCC1)C1CCC(C)(C)C1. The van der Waals surface area contributed by atoms with E-state index < -0.39 is 8.56 Å². The molecule has 2 nitrogen and oxygen atoms in total. The van der Waals surface area contributed by atoms with E-state index in [1.54, 1.807) is 0 Å². The molecular weight excluding hydrogens is 288 g/mol. The van der Waals surface area contributed by atoms with E-state index in [2.05, 4.69) is 27.7 Å². The van der Waals surface area contributed by atoms with Gasteiger partial charge in [0.1, 0.15) is 0 Å². The molecule has 1 atom stereocenters. The van der Waals surface area contributed by atoms with Gasteiger partial charge in [-0.3, -0.25) is 0 Å². The third-order valence-corrected chi connectivity index (χ3v) is 10.4. The molecule has 0 aromatic carbocycles. The van der Waals surface area contributed by atoms with Gasteiger partial charge in [-0.15, -0.1) is 0 Å². The van der Waals surface area contributed by atoms with Crippen LogP contribution in [0.4, 0.5) is 0 Å². The van der Waals surface area contributed by atoms with Gasteiger partial charge in [0.25, 0.3) is 0 Å². The molecule has 2 aliphatic rings. The van der Waals surface area contributed by atoms with Gasteiger partial charge in [-0.1, -0.05) is 47.0 Å². The van der Waals surface area contributed by atoms with Crippen molar-refractivity contribution in [2.45, 2.75) is 103 Å². The summed E-state index contributed by atoms with van der Waals surface area (Å²) in [5.74, 6) is 0. The van der Waals surface area contributed by atoms with Crippen molar-refractivity contribution in [3.05, 3.63) is 0 Å². The molecule has 1 unspecified atom stereocenters. The molecule has 2 saturated carbocycles. The van der Waals surface area contributed by atoms with Crippen molar-refractivity contribution in [3.63, 3.8) is 0 Å². The van der Waals surface area contributed by atoms with Gasteiger partial charge < -0.3 is 8.85 Å². The highest BCUT2D eigenvalue weighted by molar-refractivity contribution is 6.70. The van der Waals surface area contributed by atoms with Crippen LogP contribution in [0.3, 0.4) is 0 Å². The van der Waals surface area contributed by atoms with Crippen molar-refractivity contribution in [1.29, 1.82) is 0 Å². The van der Waals surface area contributed by atoms with Gasteiger partial charge in [-0.2, -0.15) is 0 Å². The van der Waals surface area contributed by atoms with Crippen molar-refractivity contribution < 1.29 is 8.85 Å². The molecule has 0 bridgehead atoms. The van der Waals surface area contributed by atoms with Crippen LogP contribution >= 0.6 is 0 Å². The second-order valence-corrected chi connectivity index (χ2v) is 12.0. The second-order valence-electron chi connectivity index (χ2n) is 8.36. The van der Waals surface area contributed by atoms with Crippen LogP contribution in [-0.2, 0) is 8.85 Å². The topological polar surface area (TPSA) is 18.5 Å². The molecule has 3 heteroatoms. The first-order valence-corrected chi connectivity index (χ1v) is 11.8. The highest BCUT2D eigenvalue weighted by Crippen LogP contribution is 2.55. The van der Waals surface area contributed by atoms with Crippen molar-refractivity contribution in [1.82, 2.24) is 0 Å². The fourth-order valence-electron chi connectivity index (χ4n) is 4.65. The highest BCUT2D eigenvalue weighted by Gasteiger charge is 2.55. The van der Waals surface area contributed by atoms with Crippen LogP contribution in [0.25, 0.3) is 0 Å². The van der Waals surface area contributed by atoms with Crippen LogP contribution in [0, 0.1) is 5.41 Å². The maximum absolute atomic E-state index is 6.71. The van der Waals surface area contributed by atoms with Crippen molar-refractivity contribution in [3.8, 4) is 0 Å². The standard InChI is InChI=1S/C19H38O2Si/c1-5-14-20-22(21-15-6-2,17-10-8-7-9-11-17)18-12-13-19(3,4)16-18/h17-18H,5-16H2,1-4H3. The van der Waals surface area contributed by atoms with E-state index in [4.69, 9.17) is 8.85 Å². The van der Waals surface area contributed by atoms with Gasteiger partial charge in [0, 0.05) is 24.3 Å². The third-order valence-electron chi connectivity index (χ3n) is 5.78. The molecule has 22 heavy (non-hydrogen) atoms. The largest absolute Gasteiger partial charge is 0.394 e. The summed E-state index contributed by atoms with van der Waals surface area (Å²) in [5, 5.41) is 0. The van der Waals surface area contributed by atoms with Crippen LogP contribution in [0.15, 0.2) is 0 Å². The van der Waals surface area contributed by atoms with E-state index in [1.807, 2.05) is 0 Å². The predicted octanol–water partition coefficient (Wildman–Crippen LogP) is 6.20. The molecule has 0 aromatic rings. The van der Waals surface area contributed by atoms with Gasteiger partial charge >= 0.3 is 8.56 Å². The minimum absolute atomic E-state index is 0.489. The molecule has 0 N–H and O–H groups in total. The predicted molar refractivity (Wildman–Crippen MR) is 96.5 cm³/mol. The molecule has 0 amide bonds. The fraction of sp³-hybridized carbons (Fsp3) is 1.00. The van der Waals surface area contributed by atoms with E-state index in [1.165, 1.54) is 51.4 Å². The lowest BCUT2D eigenvalue weighted by molar-refractivity contribution is 0.139. The Labute approximate surface area is 139 Å². The summed E-state index contributed by atoms with van der Waals surface area (Å²) in [5.41, 5.74) is 1.96. The molecule has 130 valence electrons. The Morgan fingerprint density at radius 3 is 1.91 bits per heavy atom. The first-order valence-electron chi connectivity index (χ1n) is 9.82. The lowest BCUT2D eigenvalue weighted by atomic mass is 9.92. The van der Waals surface area contributed by atoms with E-state index in [0.717, 1.165) is 37.1 Å². The van der Waals surface area contributed by atoms with Gasteiger partial charge in [-0.05, 0) is 50.4 Å². The Bertz CT molecular complexity index is 315. The fourth-order valence-corrected chi connectivity index (χ4v) is 9.99. The van der Waals surface area contributed by atoms with E-state index in [-0.39, 0.29) is 0 Å². The first-order chi connectivity index (χ1) is 10.5. The zero-order valence-electron chi connectivity index (χ0n) is 15.5. The lowest BCUT2D eigenvalue weighted by Gasteiger charge is -2.43. The minimum Gasteiger partial charge on any atom is -0.394 e. The number of hydrogen-bond acceptors (Lipinski definition) is 2. The molecule has 0 aliphatic heterocycles. The molecule has 0 spiro atoms. The van der Waals surface area contributed by atoms with E-state index in [9.17, 15) is 0 Å². The van der Waals surface area contributed by atoms with E-state index >= 15 is 0 Å². The van der Waals surface area contributed by atoms with E-state index in [0.29, 0.717) is 5.41 Å². The summed E-state index contributed by atoms with van der Waals surface area (Å²) in [6.45, 7) is 11.2. The Morgan fingerprint density at radius 2 is 1.45 bits per heavy atom. The maximum Gasteiger partial charge on any atom is 0.344 e. The molecule has 0 heterocycles. The van der Waals surface area contributed by atoms with Gasteiger partial charge in [0.15, 0.2) is 0 Å². The Kier molecular flexibility index (Phi) is 6.97. The maximum atomic E-state index is 6.71. The smallest absolute Gasteiger partial charge is 0.344 e. The Morgan fingerprint density at radius 1 is 0.864 bits per heavy atom. The zero-order valence-corrected chi connectivity index (χ0v) is 16.5. The summed E-state index contributed by atoms with van der Waals surface area (Å²) < 4.78 is 13.4.